The summed E-state index contributed by atoms with van der Waals surface area (Å²) in [5.41, 5.74) is 5.64. The van der Waals surface area contributed by atoms with Gasteiger partial charge in [0, 0.05) is 20.1 Å². The first-order valence-corrected chi connectivity index (χ1v) is 3.90. The maximum absolute atomic E-state index is 9.28. The predicted octanol–water partition coefficient (Wildman–Crippen LogP) is -1.57. The molecule has 0 radical (unpaired) electrons. The lowest BCUT2D eigenvalue weighted by atomic mass is 10.0. The van der Waals surface area contributed by atoms with E-state index in [4.69, 9.17) is 20.3 Å². The summed E-state index contributed by atoms with van der Waals surface area (Å²) < 4.78 is 10.3. The van der Waals surface area contributed by atoms with E-state index < -0.39 is 17.9 Å². The van der Waals surface area contributed by atoms with Gasteiger partial charge in [-0.05, 0) is 0 Å². The number of nitrogens with two attached hydrogens (primary N) is 1. The molecule has 0 saturated carbocycles. The van der Waals surface area contributed by atoms with E-state index >= 15 is 0 Å². The summed E-state index contributed by atoms with van der Waals surface area (Å²) in [5, 5.41) is 18.0. The molecule has 0 aromatic heterocycles. The Hall–Kier alpha value is -0.200. The van der Waals surface area contributed by atoms with Crippen LogP contribution in [0.2, 0.25) is 0 Å². The number of methoxy groups -OCH3 is 1. The van der Waals surface area contributed by atoms with Crippen LogP contribution in [0.15, 0.2) is 0 Å². The molecule has 4 N–H and O–H groups in total. The van der Waals surface area contributed by atoms with E-state index in [2.05, 4.69) is 0 Å². The molecule has 72 valence electrons. The molecule has 5 nitrogen and oxygen atoms in total. The second kappa shape index (κ2) is 3.68. The molecule has 1 aliphatic heterocycles. The summed E-state index contributed by atoms with van der Waals surface area (Å²) in [4.78, 5) is 0. The molecule has 1 aliphatic rings. The Balaban J connectivity index is 2.66. The van der Waals surface area contributed by atoms with Gasteiger partial charge in [-0.15, -0.1) is 0 Å². The van der Waals surface area contributed by atoms with E-state index in [0.29, 0.717) is 0 Å². The van der Waals surface area contributed by atoms with Gasteiger partial charge in [0.1, 0.15) is 0 Å². The first-order valence-electron chi connectivity index (χ1n) is 3.90. The number of aliphatic hydroxyl groups excluding tert-OH is 2. The van der Waals surface area contributed by atoms with Crippen molar-refractivity contribution in [2.45, 2.75) is 24.4 Å². The topological polar surface area (TPSA) is 84.9 Å². The Labute approximate surface area is 71.1 Å². The van der Waals surface area contributed by atoms with Crippen LogP contribution in [0, 0.1) is 0 Å². The first-order chi connectivity index (χ1) is 5.66. The molecule has 3 atom stereocenters. The molecule has 1 rings (SSSR count). The van der Waals surface area contributed by atoms with Crippen LogP contribution in [0.4, 0.5) is 0 Å². The van der Waals surface area contributed by atoms with Gasteiger partial charge >= 0.3 is 0 Å². The van der Waals surface area contributed by atoms with E-state index in [9.17, 15) is 5.11 Å². The Morgan fingerprint density at radius 1 is 1.75 bits per heavy atom. The molecule has 0 unspecified atom stereocenters. The van der Waals surface area contributed by atoms with Crippen LogP contribution in [0.5, 0.6) is 0 Å². The third kappa shape index (κ3) is 1.46. The molecule has 0 aliphatic carbocycles. The summed E-state index contributed by atoms with van der Waals surface area (Å²) in [5.74, 6) is -1.01. The Morgan fingerprint density at radius 3 is 2.75 bits per heavy atom. The van der Waals surface area contributed by atoms with Crippen molar-refractivity contribution in [1.29, 1.82) is 0 Å². The molecule has 0 aromatic carbocycles. The molecule has 0 bridgehead atoms. The van der Waals surface area contributed by atoms with E-state index in [1.165, 1.54) is 7.11 Å². The van der Waals surface area contributed by atoms with Crippen LogP contribution in [-0.2, 0) is 9.47 Å². The summed E-state index contributed by atoms with van der Waals surface area (Å²) in [6.07, 6.45) is -0.432. The second-order valence-corrected chi connectivity index (χ2v) is 2.89. The normalized spacial score (nSPS) is 42.0. The summed E-state index contributed by atoms with van der Waals surface area (Å²) >= 11 is 0. The molecule has 0 spiro atoms. The first kappa shape index (κ1) is 9.88. The van der Waals surface area contributed by atoms with Gasteiger partial charge in [0.25, 0.3) is 0 Å². The minimum absolute atomic E-state index is 0.0751. The summed E-state index contributed by atoms with van der Waals surface area (Å²) in [6, 6.07) is -0.588. The van der Waals surface area contributed by atoms with Crippen LogP contribution in [0.25, 0.3) is 0 Å². The highest BCUT2D eigenvalue weighted by Gasteiger charge is 2.47. The van der Waals surface area contributed by atoms with Crippen LogP contribution in [0.3, 0.4) is 0 Å². The standard InChI is InChI=1S/C7H15NO4/c1-11-7(2-3-9)6(8)5(10)4-12-7/h5-6,9-10H,2-4,8H2,1H3/t5-,6+,7+/m0/s1. The quantitative estimate of drug-likeness (QED) is 0.485. The van der Waals surface area contributed by atoms with Gasteiger partial charge < -0.3 is 25.4 Å². The maximum Gasteiger partial charge on any atom is 0.188 e. The number of aliphatic hydroxyl groups is 2. The van der Waals surface area contributed by atoms with Crippen molar-refractivity contribution in [2.24, 2.45) is 5.73 Å². The molecular formula is C7H15NO4. The minimum Gasteiger partial charge on any atom is -0.396 e. The molecule has 0 amide bonds. The van der Waals surface area contributed by atoms with Gasteiger partial charge in [-0.2, -0.15) is 0 Å². The second-order valence-electron chi connectivity index (χ2n) is 2.89. The smallest absolute Gasteiger partial charge is 0.188 e. The average Bonchev–Trinajstić information content (AvgIpc) is 2.35. The van der Waals surface area contributed by atoms with Gasteiger partial charge in [-0.3, -0.25) is 0 Å². The molecule has 1 heterocycles. The highest BCUT2D eigenvalue weighted by molar-refractivity contribution is 4.93. The van der Waals surface area contributed by atoms with Crippen molar-refractivity contribution < 1.29 is 19.7 Å². The zero-order chi connectivity index (χ0) is 9.19. The highest BCUT2D eigenvalue weighted by atomic mass is 16.7. The summed E-state index contributed by atoms with van der Waals surface area (Å²) in [7, 11) is 1.45. The fraction of sp³-hybridized carbons (Fsp3) is 1.00. The van der Waals surface area contributed by atoms with Crippen molar-refractivity contribution in [3.05, 3.63) is 0 Å². The molecule has 12 heavy (non-hydrogen) atoms. The number of hydrogen-bond donors (Lipinski definition) is 3. The monoisotopic (exact) mass is 177 g/mol. The SMILES string of the molecule is CO[C@]1(CCO)OC[C@H](O)[C@H]1N. The molecule has 5 heteroatoms. The fourth-order valence-electron chi connectivity index (χ4n) is 1.41. The van der Waals surface area contributed by atoms with E-state index in [0.717, 1.165) is 0 Å². The molecule has 1 saturated heterocycles. The van der Waals surface area contributed by atoms with Gasteiger partial charge in [-0.25, -0.2) is 0 Å². The van der Waals surface area contributed by atoms with E-state index in [1.807, 2.05) is 0 Å². The zero-order valence-corrected chi connectivity index (χ0v) is 7.06. The van der Waals surface area contributed by atoms with Gasteiger partial charge in [0.2, 0.25) is 0 Å². The van der Waals surface area contributed by atoms with Crippen molar-refractivity contribution in [3.8, 4) is 0 Å². The van der Waals surface area contributed by atoms with Gasteiger partial charge in [0.05, 0.1) is 18.8 Å². The molecule has 1 fully saturated rings. The third-order valence-corrected chi connectivity index (χ3v) is 2.23. The number of hydrogen-bond acceptors (Lipinski definition) is 5. The zero-order valence-electron chi connectivity index (χ0n) is 7.06. The van der Waals surface area contributed by atoms with Crippen LogP contribution < -0.4 is 5.73 Å². The van der Waals surface area contributed by atoms with E-state index in [1.54, 1.807) is 0 Å². The number of rotatable bonds is 3. The Kier molecular flexibility index (Phi) is 3.03. The lowest BCUT2D eigenvalue weighted by Gasteiger charge is -2.30. The van der Waals surface area contributed by atoms with Crippen molar-refractivity contribution >= 4 is 0 Å². The van der Waals surface area contributed by atoms with Crippen molar-refractivity contribution in [3.63, 3.8) is 0 Å². The van der Waals surface area contributed by atoms with Crippen molar-refractivity contribution in [2.75, 3.05) is 20.3 Å². The Bertz CT molecular complexity index is 150. The third-order valence-electron chi connectivity index (χ3n) is 2.23. The minimum atomic E-state index is -1.01. The van der Waals surface area contributed by atoms with Crippen molar-refractivity contribution in [1.82, 2.24) is 0 Å². The van der Waals surface area contributed by atoms with Crippen LogP contribution in [0.1, 0.15) is 6.42 Å². The Morgan fingerprint density at radius 2 is 2.42 bits per heavy atom. The largest absolute Gasteiger partial charge is 0.396 e. The lowest BCUT2D eigenvalue weighted by Crippen LogP contribution is -2.51. The van der Waals surface area contributed by atoms with Gasteiger partial charge in [0.15, 0.2) is 5.79 Å². The van der Waals surface area contributed by atoms with E-state index in [-0.39, 0.29) is 19.6 Å². The summed E-state index contributed by atoms with van der Waals surface area (Å²) in [6.45, 7) is 0.0866. The molecular weight excluding hydrogens is 162 g/mol. The fourth-order valence-corrected chi connectivity index (χ4v) is 1.41. The highest BCUT2D eigenvalue weighted by Crippen LogP contribution is 2.28. The number of ether oxygens (including phenoxy) is 2. The van der Waals surface area contributed by atoms with Crippen LogP contribution in [-0.4, -0.2) is 48.5 Å². The lowest BCUT2D eigenvalue weighted by molar-refractivity contribution is -0.208. The predicted molar refractivity (Wildman–Crippen MR) is 41.4 cm³/mol. The van der Waals surface area contributed by atoms with Gasteiger partial charge in [-0.1, -0.05) is 0 Å². The molecule has 0 aromatic rings. The maximum atomic E-state index is 9.28. The average molecular weight is 177 g/mol. The van der Waals surface area contributed by atoms with Crippen LogP contribution >= 0.6 is 0 Å².